The first-order valence-electron chi connectivity index (χ1n) is 9.94. The number of anilines is 2. The van der Waals surface area contributed by atoms with Crippen molar-refractivity contribution < 1.29 is 18.3 Å². The highest BCUT2D eigenvalue weighted by atomic mass is 32.3. The molecule has 2 saturated heterocycles. The van der Waals surface area contributed by atoms with Gasteiger partial charge in [-0.05, 0) is 30.7 Å². The van der Waals surface area contributed by atoms with Crippen LogP contribution in [0.1, 0.15) is 12.1 Å². The van der Waals surface area contributed by atoms with Crippen LogP contribution < -0.4 is 10.2 Å². The summed E-state index contributed by atoms with van der Waals surface area (Å²) in [7, 11) is -2.98. The van der Waals surface area contributed by atoms with E-state index in [2.05, 4.69) is 20.2 Å². The molecule has 0 spiro atoms. The molecule has 2 amide bonds. The zero-order valence-electron chi connectivity index (χ0n) is 16.9. The number of urea groups is 1. The second kappa shape index (κ2) is 8.66. The van der Waals surface area contributed by atoms with Crippen LogP contribution in [0.25, 0.3) is 11.4 Å². The average Bonchev–Trinajstić information content (AvgIpc) is 2.66. The van der Waals surface area contributed by atoms with Crippen molar-refractivity contribution in [1.29, 1.82) is 0 Å². The van der Waals surface area contributed by atoms with Crippen molar-refractivity contribution in [3.8, 4) is 11.4 Å². The number of carbonyl (C=O) groups is 1. The number of aromatic nitrogens is 2. The summed E-state index contributed by atoms with van der Waals surface area (Å²) in [5.74, 6) is 1.17. The minimum atomic E-state index is -2.98. The van der Waals surface area contributed by atoms with E-state index in [1.807, 2.05) is 24.3 Å². The fourth-order valence-electron chi connectivity index (χ4n) is 3.34. The third kappa shape index (κ3) is 5.13. The van der Waals surface area contributed by atoms with Gasteiger partial charge in [0, 0.05) is 43.5 Å². The normalized spacial score (nSPS) is 18.5. The van der Waals surface area contributed by atoms with Crippen molar-refractivity contribution in [2.45, 2.75) is 12.2 Å². The third-order valence-electron chi connectivity index (χ3n) is 5.05. The molecule has 160 valence electrons. The maximum absolute atomic E-state index is 12.1. The van der Waals surface area contributed by atoms with E-state index in [1.54, 1.807) is 11.0 Å². The van der Waals surface area contributed by atoms with Gasteiger partial charge in [-0.15, -0.1) is 0 Å². The molecule has 1 unspecified atom stereocenters. The summed E-state index contributed by atoms with van der Waals surface area (Å²) in [6.07, 6.45) is 2.35. The highest BCUT2D eigenvalue weighted by Gasteiger charge is 2.23. The van der Waals surface area contributed by atoms with E-state index in [1.165, 1.54) is 6.26 Å². The molecule has 3 heterocycles. The van der Waals surface area contributed by atoms with Crippen molar-refractivity contribution in [3.63, 3.8) is 0 Å². The summed E-state index contributed by atoms with van der Waals surface area (Å²) in [5, 5.41) is 2.88. The summed E-state index contributed by atoms with van der Waals surface area (Å²) in [6.45, 7) is 4.23. The van der Waals surface area contributed by atoms with Crippen LogP contribution in [0.2, 0.25) is 0 Å². The average molecular weight is 433 g/mol. The maximum Gasteiger partial charge on any atom is 0.321 e. The van der Waals surface area contributed by atoms with Gasteiger partial charge in [0.2, 0.25) is 10.2 Å². The van der Waals surface area contributed by atoms with Gasteiger partial charge in [0.25, 0.3) is 0 Å². The Morgan fingerprint density at radius 3 is 2.47 bits per heavy atom. The highest BCUT2D eigenvalue weighted by Crippen LogP contribution is 2.24. The fraction of sp³-hybridized carbons (Fsp3) is 0.450. The van der Waals surface area contributed by atoms with Crippen LogP contribution in [-0.4, -0.2) is 71.1 Å². The molecule has 0 saturated carbocycles. The lowest BCUT2D eigenvalue weighted by Crippen LogP contribution is -2.44. The number of rotatable bonds is 5. The zero-order valence-corrected chi connectivity index (χ0v) is 17.7. The Balaban J connectivity index is 1.58. The van der Waals surface area contributed by atoms with Gasteiger partial charge >= 0.3 is 6.03 Å². The van der Waals surface area contributed by atoms with Crippen molar-refractivity contribution in [2.24, 2.45) is 0 Å². The highest BCUT2D eigenvalue weighted by molar-refractivity contribution is 7.96. The molecule has 0 aliphatic carbocycles. The number of hydrogen-bond donors (Lipinski definition) is 2. The number of ether oxygens (including phenoxy) is 1. The predicted octanol–water partition coefficient (Wildman–Crippen LogP) is 2.32. The van der Waals surface area contributed by atoms with Gasteiger partial charge in [0.1, 0.15) is 12.1 Å². The Morgan fingerprint density at radius 2 is 1.87 bits per heavy atom. The fourth-order valence-corrected chi connectivity index (χ4v) is 4.04. The van der Waals surface area contributed by atoms with Gasteiger partial charge in [0.05, 0.1) is 18.9 Å². The Bertz CT molecular complexity index is 952. The number of nitrogens with one attached hydrogen (secondary N) is 1. The SMILES string of the molecule is C[S+](=O)(O)Cc1cc(N2CCOCC2)nc(-c2ccc(NC(=O)N3CCC3)cc2)n1. The predicted molar refractivity (Wildman–Crippen MR) is 116 cm³/mol. The lowest BCUT2D eigenvalue weighted by molar-refractivity contribution is 0.122. The first-order valence-corrected chi connectivity index (χ1v) is 12.0. The summed E-state index contributed by atoms with van der Waals surface area (Å²) >= 11 is 0. The number of benzene rings is 1. The second-order valence-electron chi connectivity index (χ2n) is 7.59. The standard InChI is InChI=1S/C20H25N5O4S/c1-30(27,28)14-17-13-18(24-9-11-29-12-10-24)23-19(21-17)15-3-5-16(6-4-15)22-20(26)25-7-2-8-25/h3-6,13H,2,7-12,14H2,1H3,(H-,21,22,23,26,27,28)/p+1. The molecule has 30 heavy (non-hydrogen) atoms. The molecule has 0 bridgehead atoms. The Morgan fingerprint density at radius 1 is 1.17 bits per heavy atom. The molecule has 2 aliphatic heterocycles. The number of hydrogen-bond acceptors (Lipinski definition) is 6. The molecule has 0 radical (unpaired) electrons. The van der Waals surface area contributed by atoms with Crippen molar-refractivity contribution in [3.05, 3.63) is 36.0 Å². The van der Waals surface area contributed by atoms with Gasteiger partial charge in [-0.25, -0.2) is 14.8 Å². The van der Waals surface area contributed by atoms with Crippen LogP contribution in [0.5, 0.6) is 0 Å². The van der Waals surface area contributed by atoms with Gasteiger partial charge < -0.3 is 19.9 Å². The quantitative estimate of drug-likeness (QED) is 0.698. The van der Waals surface area contributed by atoms with E-state index in [4.69, 9.17) is 4.74 Å². The lowest BCUT2D eigenvalue weighted by Gasteiger charge is -2.30. The largest absolute Gasteiger partial charge is 0.378 e. The molecular formula is C20H26N5O4S+. The third-order valence-corrected chi connectivity index (χ3v) is 5.89. The van der Waals surface area contributed by atoms with E-state index in [0.29, 0.717) is 43.5 Å². The molecule has 2 N–H and O–H groups in total. The molecule has 2 aliphatic rings. The van der Waals surface area contributed by atoms with Crippen molar-refractivity contribution >= 4 is 27.7 Å². The van der Waals surface area contributed by atoms with Gasteiger partial charge in [-0.1, -0.05) is 4.21 Å². The van der Waals surface area contributed by atoms with Crippen molar-refractivity contribution in [2.75, 3.05) is 55.9 Å². The molecule has 2 fully saturated rings. The zero-order chi connectivity index (χ0) is 21.1. The van der Waals surface area contributed by atoms with E-state index in [0.717, 1.165) is 30.9 Å². The van der Waals surface area contributed by atoms with E-state index < -0.39 is 10.2 Å². The number of nitrogens with zero attached hydrogens (tertiary/aromatic N) is 4. The molecule has 2 aromatic rings. The van der Waals surface area contributed by atoms with Crippen LogP contribution in [0, 0.1) is 0 Å². The van der Waals surface area contributed by atoms with Crippen molar-refractivity contribution in [1.82, 2.24) is 14.9 Å². The number of carbonyl (C=O) groups excluding carboxylic acids is 1. The topological polar surface area (TPSA) is 108 Å². The summed E-state index contributed by atoms with van der Waals surface area (Å²) in [4.78, 5) is 25.1. The Kier molecular flexibility index (Phi) is 5.98. The minimum absolute atomic E-state index is 0.0379. The molecule has 10 heteroatoms. The molecule has 1 aromatic heterocycles. The van der Waals surface area contributed by atoms with E-state index in [9.17, 15) is 13.6 Å². The first kappa shape index (κ1) is 20.7. The number of amides is 2. The van der Waals surface area contributed by atoms with E-state index in [-0.39, 0.29) is 11.8 Å². The van der Waals surface area contributed by atoms with E-state index >= 15 is 0 Å². The van der Waals surface area contributed by atoms with Crippen LogP contribution >= 0.6 is 0 Å². The van der Waals surface area contributed by atoms with Crippen LogP contribution in [0.15, 0.2) is 30.3 Å². The maximum atomic E-state index is 12.1. The summed E-state index contributed by atoms with van der Waals surface area (Å²) < 4.78 is 27.2. The minimum Gasteiger partial charge on any atom is -0.378 e. The van der Waals surface area contributed by atoms with Gasteiger partial charge in [-0.3, -0.25) is 0 Å². The lowest BCUT2D eigenvalue weighted by atomic mass is 10.2. The Hall–Kier alpha value is -2.56. The molecular weight excluding hydrogens is 406 g/mol. The Labute approximate surface area is 176 Å². The summed E-state index contributed by atoms with van der Waals surface area (Å²) in [5.41, 5.74) is 1.99. The van der Waals surface area contributed by atoms with Crippen LogP contribution in [0.4, 0.5) is 16.3 Å². The molecule has 1 aromatic carbocycles. The number of likely N-dealkylation sites (tertiary alicyclic amines) is 1. The molecule has 1 atom stereocenters. The van der Waals surface area contributed by atoms with Gasteiger partial charge in [0.15, 0.2) is 11.6 Å². The second-order valence-corrected chi connectivity index (χ2v) is 9.80. The molecule has 4 rings (SSSR count). The van der Waals surface area contributed by atoms with Gasteiger partial charge in [-0.2, -0.15) is 4.55 Å². The van der Waals surface area contributed by atoms with Crippen LogP contribution in [0.3, 0.4) is 0 Å². The number of morpholine rings is 1. The summed E-state index contributed by atoms with van der Waals surface area (Å²) in [6, 6.07) is 8.99. The smallest absolute Gasteiger partial charge is 0.321 e. The first-order chi connectivity index (χ1) is 14.4. The van der Waals surface area contributed by atoms with Crippen LogP contribution in [-0.2, 0) is 24.9 Å². The monoisotopic (exact) mass is 432 g/mol. The molecule has 9 nitrogen and oxygen atoms in total.